The molecule has 5 nitrogen and oxygen atoms in total. The van der Waals surface area contributed by atoms with Gasteiger partial charge in [-0.3, -0.25) is 9.59 Å². The van der Waals surface area contributed by atoms with Crippen molar-refractivity contribution in [2.45, 2.75) is 64.8 Å². The van der Waals surface area contributed by atoms with Gasteiger partial charge in [-0.15, -0.1) is 0 Å². The van der Waals surface area contributed by atoms with Crippen LogP contribution in [0.4, 0.5) is 0 Å². The van der Waals surface area contributed by atoms with Gasteiger partial charge in [-0.25, -0.2) is 0 Å². The quantitative estimate of drug-likeness (QED) is 0.385. The van der Waals surface area contributed by atoms with Crippen molar-refractivity contribution < 1.29 is 23.8 Å². The summed E-state index contributed by atoms with van der Waals surface area (Å²) in [4.78, 5) is 26.1. The Kier molecular flexibility index (Phi) is 8.55. The van der Waals surface area contributed by atoms with E-state index in [0.29, 0.717) is 42.3 Å². The summed E-state index contributed by atoms with van der Waals surface area (Å²) in [5.41, 5.74) is 3.06. The summed E-state index contributed by atoms with van der Waals surface area (Å²) < 4.78 is 17.9. The van der Waals surface area contributed by atoms with Gasteiger partial charge < -0.3 is 14.2 Å². The molecule has 0 saturated heterocycles. The summed E-state index contributed by atoms with van der Waals surface area (Å²) in [7, 11) is 0. The molecule has 5 heteroatoms. The molecule has 0 spiro atoms. The Labute approximate surface area is 207 Å². The molecule has 0 amide bonds. The van der Waals surface area contributed by atoms with Crippen molar-refractivity contribution in [1.29, 1.82) is 0 Å². The van der Waals surface area contributed by atoms with Crippen LogP contribution in [0.25, 0.3) is 0 Å². The predicted molar refractivity (Wildman–Crippen MR) is 135 cm³/mol. The van der Waals surface area contributed by atoms with Gasteiger partial charge in [0.25, 0.3) is 0 Å². The number of hydrogen-bond donors (Lipinski definition) is 0. The summed E-state index contributed by atoms with van der Waals surface area (Å²) in [6.07, 6.45) is 3.71. The summed E-state index contributed by atoms with van der Waals surface area (Å²) in [6.45, 7) is 2.60. The summed E-state index contributed by atoms with van der Waals surface area (Å²) in [6, 6.07) is 23.2. The van der Waals surface area contributed by atoms with Gasteiger partial charge in [-0.05, 0) is 48.9 Å². The van der Waals surface area contributed by atoms with Crippen LogP contribution in [0.2, 0.25) is 0 Å². The third-order valence-corrected chi connectivity index (χ3v) is 6.10. The fourth-order valence-electron chi connectivity index (χ4n) is 4.27. The maximum Gasteiger partial charge on any atom is 0.310 e. The normalized spacial score (nSPS) is 16.9. The van der Waals surface area contributed by atoms with E-state index >= 15 is 0 Å². The number of ether oxygens (including phenoxy) is 3. The third-order valence-electron chi connectivity index (χ3n) is 6.10. The standard InChI is InChI=1S/C30H32O5/c1-22-11-5-2-10-16-27(31)30-25(18-29(32)35-22)17-26(33-20-23-12-6-3-7-13-23)19-28(30)34-21-24-14-8-4-9-15-24/h3-4,6-9,12-15,17,19,22H,2,5,10-11,16,18,20-21H2,1H3/t22-/m1/s1. The number of esters is 1. The first-order chi connectivity index (χ1) is 17.1. The summed E-state index contributed by atoms with van der Waals surface area (Å²) in [5, 5.41) is 0. The molecule has 0 aliphatic carbocycles. The van der Waals surface area contributed by atoms with Crippen molar-refractivity contribution in [3.63, 3.8) is 0 Å². The lowest BCUT2D eigenvalue weighted by Crippen LogP contribution is -2.19. The van der Waals surface area contributed by atoms with E-state index < -0.39 is 0 Å². The number of Topliss-reactive ketones (excluding diaryl/α,β-unsaturated/α-hetero) is 1. The molecule has 4 rings (SSSR count). The van der Waals surface area contributed by atoms with Crippen LogP contribution < -0.4 is 9.47 Å². The van der Waals surface area contributed by atoms with Gasteiger partial charge >= 0.3 is 5.97 Å². The van der Waals surface area contributed by atoms with Crippen LogP contribution in [0.1, 0.15) is 66.1 Å². The Balaban J connectivity index is 1.68. The molecule has 1 heterocycles. The molecule has 0 bridgehead atoms. The average Bonchev–Trinajstić information content (AvgIpc) is 2.86. The lowest BCUT2D eigenvalue weighted by atomic mass is 9.95. The monoisotopic (exact) mass is 472 g/mol. The zero-order valence-electron chi connectivity index (χ0n) is 20.2. The molecule has 0 aromatic heterocycles. The first kappa shape index (κ1) is 24.5. The molecule has 1 aliphatic rings. The van der Waals surface area contributed by atoms with E-state index in [0.717, 1.165) is 36.8 Å². The highest BCUT2D eigenvalue weighted by Gasteiger charge is 2.23. The molecule has 3 aromatic rings. The van der Waals surface area contributed by atoms with Gasteiger partial charge in [0.1, 0.15) is 24.7 Å². The number of rotatable bonds is 6. The second-order valence-corrected chi connectivity index (χ2v) is 9.00. The van der Waals surface area contributed by atoms with Gasteiger partial charge in [-0.2, -0.15) is 0 Å². The zero-order chi connectivity index (χ0) is 24.5. The molecule has 0 N–H and O–H groups in total. The maximum atomic E-state index is 13.3. The minimum atomic E-state index is -0.346. The van der Waals surface area contributed by atoms with E-state index in [4.69, 9.17) is 14.2 Å². The lowest BCUT2D eigenvalue weighted by Gasteiger charge is -2.19. The van der Waals surface area contributed by atoms with Crippen LogP contribution in [0.15, 0.2) is 72.8 Å². The van der Waals surface area contributed by atoms with Crippen LogP contribution in [0, 0.1) is 0 Å². The van der Waals surface area contributed by atoms with E-state index in [1.165, 1.54) is 0 Å². The first-order valence-electron chi connectivity index (χ1n) is 12.3. The molecule has 1 aliphatic heterocycles. The highest BCUT2D eigenvalue weighted by atomic mass is 16.5. The third kappa shape index (κ3) is 7.19. The molecule has 0 saturated carbocycles. The van der Waals surface area contributed by atoms with Crippen LogP contribution in [0.3, 0.4) is 0 Å². The Morgan fingerprint density at radius 1 is 0.829 bits per heavy atom. The maximum absolute atomic E-state index is 13.3. The molecular weight excluding hydrogens is 440 g/mol. The molecule has 0 unspecified atom stereocenters. The van der Waals surface area contributed by atoms with Crippen molar-refractivity contribution in [3.8, 4) is 11.5 Å². The predicted octanol–water partition coefficient (Wildman–Crippen LogP) is 6.47. The van der Waals surface area contributed by atoms with Crippen molar-refractivity contribution in [2.24, 2.45) is 0 Å². The molecule has 35 heavy (non-hydrogen) atoms. The van der Waals surface area contributed by atoms with Crippen LogP contribution >= 0.6 is 0 Å². The smallest absolute Gasteiger partial charge is 0.310 e. The Hall–Kier alpha value is -3.60. The fraction of sp³-hybridized carbons (Fsp3) is 0.333. The molecular formula is C30H32O5. The number of benzene rings is 3. The van der Waals surface area contributed by atoms with Crippen LogP contribution in [-0.2, 0) is 29.2 Å². The lowest BCUT2D eigenvalue weighted by molar-refractivity contribution is -0.147. The van der Waals surface area contributed by atoms with Gasteiger partial charge in [0.15, 0.2) is 5.78 Å². The minimum absolute atomic E-state index is 0.00432. The van der Waals surface area contributed by atoms with E-state index in [1.54, 1.807) is 12.1 Å². The molecule has 182 valence electrons. The van der Waals surface area contributed by atoms with Gasteiger partial charge in [0.05, 0.1) is 18.1 Å². The van der Waals surface area contributed by atoms with E-state index in [2.05, 4.69) is 0 Å². The summed E-state index contributed by atoms with van der Waals surface area (Å²) >= 11 is 0. The van der Waals surface area contributed by atoms with Gasteiger partial charge in [-0.1, -0.05) is 67.1 Å². The van der Waals surface area contributed by atoms with E-state index in [9.17, 15) is 9.59 Å². The van der Waals surface area contributed by atoms with Crippen molar-refractivity contribution in [2.75, 3.05) is 0 Å². The van der Waals surface area contributed by atoms with Crippen molar-refractivity contribution in [3.05, 3.63) is 95.1 Å². The largest absolute Gasteiger partial charge is 0.489 e. The first-order valence-corrected chi connectivity index (χ1v) is 12.3. The Morgan fingerprint density at radius 2 is 1.49 bits per heavy atom. The summed E-state index contributed by atoms with van der Waals surface area (Å²) in [5.74, 6) is 0.633. The van der Waals surface area contributed by atoms with Crippen molar-refractivity contribution >= 4 is 11.8 Å². The highest BCUT2D eigenvalue weighted by Crippen LogP contribution is 2.33. The molecule has 1 atom stereocenters. The van der Waals surface area contributed by atoms with Crippen molar-refractivity contribution in [1.82, 2.24) is 0 Å². The molecule has 0 fully saturated rings. The fourth-order valence-corrected chi connectivity index (χ4v) is 4.27. The molecule has 3 aromatic carbocycles. The number of ketones is 1. The SMILES string of the molecule is C[C@@H]1CCCCCC(=O)c2c(cc(OCc3ccccc3)cc2OCc2ccccc2)CC(=O)O1. The Bertz CT molecular complexity index is 1120. The second kappa shape index (κ2) is 12.2. The van der Waals surface area contributed by atoms with Crippen LogP contribution in [0.5, 0.6) is 11.5 Å². The number of hydrogen-bond acceptors (Lipinski definition) is 5. The Morgan fingerprint density at radius 3 is 2.17 bits per heavy atom. The van der Waals surface area contributed by atoms with E-state index in [-0.39, 0.29) is 24.3 Å². The highest BCUT2D eigenvalue weighted by molar-refractivity contribution is 6.01. The number of carbonyl (C=O) groups excluding carboxylic acids is 2. The topological polar surface area (TPSA) is 61.8 Å². The number of cyclic esters (lactones) is 1. The van der Waals surface area contributed by atoms with Gasteiger partial charge in [0.2, 0.25) is 0 Å². The minimum Gasteiger partial charge on any atom is -0.489 e. The zero-order valence-corrected chi connectivity index (χ0v) is 20.2. The second-order valence-electron chi connectivity index (χ2n) is 9.00. The number of fused-ring (bicyclic) bond motifs is 1. The number of carbonyl (C=O) groups is 2. The van der Waals surface area contributed by atoms with Crippen LogP contribution in [-0.4, -0.2) is 17.9 Å². The van der Waals surface area contributed by atoms with E-state index in [1.807, 2.05) is 67.6 Å². The average molecular weight is 473 g/mol. The van der Waals surface area contributed by atoms with Gasteiger partial charge in [0, 0.05) is 12.5 Å². The molecule has 0 radical (unpaired) electrons.